The summed E-state index contributed by atoms with van der Waals surface area (Å²) >= 11 is 5.11. The Morgan fingerprint density at radius 3 is 2.68 bits per heavy atom. The average molecular weight is 340 g/mol. The predicted molar refractivity (Wildman–Crippen MR) is 82.9 cm³/mol. The van der Waals surface area contributed by atoms with Crippen LogP contribution in [-0.4, -0.2) is 11.8 Å². The fraction of sp³-hybridized carbons (Fsp3) is 0.200. The zero-order valence-electron chi connectivity index (χ0n) is 10.4. The van der Waals surface area contributed by atoms with Crippen molar-refractivity contribution < 1.29 is 4.39 Å². The van der Waals surface area contributed by atoms with E-state index < -0.39 is 0 Å². The molecular formula is C15H15BrFNS. The number of rotatable bonds is 5. The molecule has 2 aromatic carbocycles. The van der Waals surface area contributed by atoms with Gasteiger partial charge in [0.15, 0.2) is 0 Å². The van der Waals surface area contributed by atoms with Gasteiger partial charge in [-0.3, -0.25) is 0 Å². The molecule has 0 fully saturated rings. The Balaban J connectivity index is 1.88. The number of benzene rings is 2. The van der Waals surface area contributed by atoms with Crippen molar-refractivity contribution in [3.63, 3.8) is 0 Å². The maximum Gasteiger partial charge on any atom is 0.124 e. The monoisotopic (exact) mass is 339 g/mol. The van der Waals surface area contributed by atoms with Crippen molar-refractivity contribution in [1.29, 1.82) is 0 Å². The van der Waals surface area contributed by atoms with E-state index in [1.165, 1.54) is 17.7 Å². The molecule has 0 saturated carbocycles. The van der Waals surface area contributed by atoms with Crippen LogP contribution in [0.5, 0.6) is 0 Å². The van der Waals surface area contributed by atoms with Crippen LogP contribution in [0.25, 0.3) is 0 Å². The van der Waals surface area contributed by atoms with Crippen LogP contribution in [-0.2, 0) is 6.42 Å². The van der Waals surface area contributed by atoms with Crippen LogP contribution >= 0.6 is 27.7 Å². The zero-order valence-corrected chi connectivity index (χ0v) is 12.8. The molecule has 2 rings (SSSR count). The SMILES string of the molecule is NC(CSc1cccc(F)c1)Cc1ccccc1Br. The first-order valence-corrected chi connectivity index (χ1v) is 7.80. The summed E-state index contributed by atoms with van der Waals surface area (Å²) in [5.41, 5.74) is 7.33. The second-order valence-electron chi connectivity index (χ2n) is 4.32. The van der Waals surface area contributed by atoms with Gasteiger partial charge < -0.3 is 5.73 Å². The molecule has 1 nitrogen and oxygen atoms in total. The summed E-state index contributed by atoms with van der Waals surface area (Å²) in [7, 11) is 0. The Labute approximate surface area is 125 Å². The smallest absolute Gasteiger partial charge is 0.124 e. The molecule has 0 aliphatic carbocycles. The molecule has 19 heavy (non-hydrogen) atoms. The van der Waals surface area contributed by atoms with Gasteiger partial charge in [-0.1, -0.05) is 40.2 Å². The van der Waals surface area contributed by atoms with Crippen molar-refractivity contribution in [3.05, 3.63) is 64.4 Å². The van der Waals surface area contributed by atoms with Crippen LogP contribution < -0.4 is 5.73 Å². The summed E-state index contributed by atoms with van der Waals surface area (Å²) in [6.45, 7) is 0. The summed E-state index contributed by atoms with van der Waals surface area (Å²) < 4.78 is 14.1. The van der Waals surface area contributed by atoms with Gasteiger partial charge in [-0.2, -0.15) is 0 Å². The van der Waals surface area contributed by atoms with E-state index >= 15 is 0 Å². The van der Waals surface area contributed by atoms with Gasteiger partial charge in [0.1, 0.15) is 5.82 Å². The first kappa shape index (κ1) is 14.6. The molecular weight excluding hydrogens is 325 g/mol. The summed E-state index contributed by atoms with van der Waals surface area (Å²) in [6, 6.07) is 14.7. The first-order valence-electron chi connectivity index (χ1n) is 6.02. The highest BCUT2D eigenvalue weighted by atomic mass is 79.9. The number of hydrogen-bond donors (Lipinski definition) is 1. The molecule has 1 atom stereocenters. The van der Waals surface area contributed by atoms with E-state index in [9.17, 15) is 4.39 Å². The zero-order chi connectivity index (χ0) is 13.7. The van der Waals surface area contributed by atoms with Crippen molar-refractivity contribution in [2.75, 3.05) is 5.75 Å². The lowest BCUT2D eigenvalue weighted by Crippen LogP contribution is -2.25. The molecule has 2 aromatic rings. The lowest BCUT2D eigenvalue weighted by Gasteiger charge is -2.12. The van der Waals surface area contributed by atoms with Crippen LogP contribution in [0.2, 0.25) is 0 Å². The highest BCUT2D eigenvalue weighted by Crippen LogP contribution is 2.22. The van der Waals surface area contributed by atoms with Gasteiger partial charge >= 0.3 is 0 Å². The minimum atomic E-state index is -0.204. The van der Waals surface area contributed by atoms with Gasteiger partial charge in [0.05, 0.1) is 0 Å². The molecule has 0 aliphatic heterocycles. The lowest BCUT2D eigenvalue weighted by atomic mass is 10.1. The van der Waals surface area contributed by atoms with Crippen LogP contribution in [0.3, 0.4) is 0 Å². The molecule has 100 valence electrons. The largest absolute Gasteiger partial charge is 0.327 e. The van der Waals surface area contributed by atoms with E-state index in [-0.39, 0.29) is 11.9 Å². The van der Waals surface area contributed by atoms with Gasteiger partial charge in [-0.05, 0) is 36.2 Å². The third kappa shape index (κ3) is 4.64. The molecule has 1 unspecified atom stereocenters. The molecule has 0 radical (unpaired) electrons. The summed E-state index contributed by atoms with van der Waals surface area (Å²) in [6.07, 6.45) is 0.809. The Kier molecular flexibility index (Phi) is 5.43. The van der Waals surface area contributed by atoms with E-state index in [0.29, 0.717) is 0 Å². The lowest BCUT2D eigenvalue weighted by molar-refractivity contribution is 0.624. The molecule has 0 heterocycles. The van der Waals surface area contributed by atoms with Gasteiger partial charge in [0, 0.05) is 21.2 Å². The Hall–Kier alpha value is -0.840. The van der Waals surface area contributed by atoms with Crippen molar-refractivity contribution in [3.8, 4) is 0 Å². The van der Waals surface area contributed by atoms with Gasteiger partial charge in [-0.15, -0.1) is 11.8 Å². The molecule has 0 amide bonds. The molecule has 4 heteroatoms. The fourth-order valence-electron chi connectivity index (χ4n) is 1.77. The molecule has 0 bridgehead atoms. The number of thioether (sulfide) groups is 1. The van der Waals surface area contributed by atoms with Crippen LogP contribution in [0.1, 0.15) is 5.56 Å². The summed E-state index contributed by atoms with van der Waals surface area (Å²) in [5.74, 6) is 0.564. The van der Waals surface area contributed by atoms with Crippen LogP contribution in [0, 0.1) is 5.82 Å². The Bertz CT molecular complexity index is 547. The third-order valence-electron chi connectivity index (χ3n) is 2.70. The maximum atomic E-state index is 13.0. The second-order valence-corrected chi connectivity index (χ2v) is 6.27. The minimum absolute atomic E-state index is 0.0481. The fourth-order valence-corrected chi connectivity index (χ4v) is 3.11. The van der Waals surface area contributed by atoms with Crippen molar-refractivity contribution in [2.45, 2.75) is 17.4 Å². The second kappa shape index (κ2) is 7.08. The molecule has 0 spiro atoms. The highest BCUT2D eigenvalue weighted by molar-refractivity contribution is 9.10. The summed E-state index contributed by atoms with van der Waals surface area (Å²) in [5, 5.41) is 0. The van der Waals surface area contributed by atoms with Crippen LogP contribution in [0.4, 0.5) is 4.39 Å². The Morgan fingerprint density at radius 1 is 1.16 bits per heavy atom. The van der Waals surface area contributed by atoms with E-state index in [2.05, 4.69) is 22.0 Å². The van der Waals surface area contributed by atoms with E-state index in [1.54, 1.807) is 17.8 Å². The normalized spacial score (nSPS) is 12.4. The summed E-state index contributed by atoms with van der Waals surface area (Å²) in [4.78, 5) is 0.919. The van der Waals surface area contributed by atoms with Crippen molar-refractivity contribution in [1.82, 2.24) is 0 Å². The Morgan fingerprint density at radius 2 is 1.95 bits per heavy atom. The molecule has 0 aliphatic rings. The van der Waals surface area contributed by atoms with Gasteiger partial charge in [-0.25, -0.2) is 4.39 Å². The number of hydrogen-bond acceptors (Lipinski definition) is 2. The third-order valence-corrected chi connectivity index (χ3v) is 4.66. The topological polar surface area (TPSA) is 26.0 Å². The highest BCUT2D eigenvalue weighted by Gasteiger charge is 2.07. The molecule has 2 N–H and O–H groups in total. The standard InChI is InChI=1S/C15H15BrFNS/c16-15-7-2-1-4-11(15)8-13(18)10-19-14-6-3-5-12(17)9-14/h1-7,9,13H,8,10,18H2. The first-order chi connectivity index (χ1) is 9.15. The minimum Gasteiger partial charge on any atom is -0.327 e. The van der Waals surface area contributed by atoms with Crippen molar-refractivity contribution in [2.24, 2.45) is 5.73 Å². The van der Waals surface area contributed by atoms with E-state index in [1.807, 2.05) is 24.3 Å². The predicted octanol–water partition coefficient (Wildman–Crippen LogP) is 4.25. The number of nitrogens with two attached hydrogens (primary N) is 1. The van der Waals surface area contributed by atoms with Gasteiger partial charge in [0.2, 0.25) is 0 Å². The van der Waals surface area contributed by atoms with E-state index in [4.69, 9.17) is 5.73 Å². The average Bonchev–Trinajstić information content (AvgIpc) is 2.39. The quantitative estimate of drug-likeness (QED) is 0.824. The van der Waals surface area contributed by atoms with Gasteiger partial charge in [0.25, 0.3) is 0 Å². The molecule has 0 aromatic heterocycles. The van der Waals surface area contributed by atoms with Crippen LogP contribution in [0.15, 0.2) is 57.9 Å². The number of halogens is 2. The molecule has 0 saturated heterocycles. The maximum absolute atomic E-state index is 13.0. The van der Waals surface area contributed by atoms with Crippen molar-refractivity contribution >= 4 is 27.7 Å². The van der Waals surface area contributed by atoms with E-state index in [0.717, 1.165) is 21.5 Å².